The number of carbonyl (C=O) groups is 2. The van der Waals surface area contributed by atoms with Gasteiger partial charge < -0.3 is 10.2 Å². The first-order valence-electron chi connectivity index (χ1n) is 11.9. The Labute approximate surface area is 236 Å². The summed E-state index contributed by atoms with van der Waals surface area (Å²) in [6.45, 7) is 1.09. The minimum atomic E-state index is -4.13. The van der Waals surface area contributed by atoms with Crippen molar-refractivity contribution in [1.82, 2.24) is 10.2 Å². The highest BCUT2D eigenvalue weighted by molar-refractivity contribution is 7.92. The number of likely N-dealkylation sites (N-methyl/N-ethyl adjacent to an activating group) is 1. The molecular weight excluding hydrogens is 571 g/mol. The van der Waals surface area contributed by atoms with Gasteiger partial charge in [0.05, 0.1) is 11.9 Å². The molecule has 0 unspecified atom stereocenters. The Bertz CT molecular complexity index is 1440. The molecule has 0 aliphatic rings. The van der Waals surface area contributed by atoms with Crippen molar-refractivity contribution in [2.75, 3.05) is 23.7 Å². The van der Waals surface area contributed by atoms with Crippen LogP contribution in [0.4, 0.5) is 14.5 Å². The van der Waals surface area contributed by atoms with Crippen molar-refractivity contribution >= 4 is 50.7 Å². The van der Waals surface area contributed by atoms with Gasteiger partial charge in [-0.3, -0.25) is 13.9 Å². The van der Waals surface area contributed by atoms with Crippen molar-refractivity contribution in [2.45, 2.75) is 25.9 Å². The highest BCUT2D eigenvalue weighted by Gasteiger charge is 2.33. The third-order valence-electron chi connectivity index (χ3n) is 5.85. The van der Waals surface area contributed by atoms with Crippen molar-refractivity contribution in [3.63, 3.8) is 0 Å². The van der Waals surface area contributed by atoms with E-state index in [2.05, 4.69) is 5.32 Å². The molecule has 0 bridgehead atoms. The summed E-state index contributed by atoms with van der Waals surface area (Å²) in [5, 5.41) is 3.34. The van der Waals surface area contributed by atoms with E-state index >= 15 is 0 Å². The third-order valence-corrected chi connectivity index (χ3v) is 7.58. The maximum absolute atomic E-state index is 14.0. The van der Waals surface area contributed by atoms with E-state index in [0.29, 0.717) is 21.0 Å². The molecule has 0 radical (unpaired) electrons. The van der Waals surface area contributed by atoms with Crippen LogP contribution in [0.5, 0.6) is 0 Å². The lowest BCUT2D eigenvalue weighted by Gasteiger charge is -2.33. The summed E-state index contributed by atoms with van der Waals surface area (Å²) in [4.78, 5) is 28.4. The number of nitrogens with zero attached hydrogens (tertiary/aromatic N) is 2. The lowest BCUT2D eigenvalue weighted by Crippen LogP contribution is -2.53. The summed E-state index contributed by atoms with van der Waals surface area (Å²) in [7, 11) is -4.13. The minimum Gasteiger partial charge on any atom is -0.355 e. The van der Waals surface area contributed by atoms with Gasteiger partial charge in [-0.25, -0.2) is 17.2 Å². The fraction of sp³-hybridized carbons (Fsp3) is 0.259. The molecule has 0 saturated heterocycles. The number of carbonyl (C=O) groups excluding carboxylic acids is 2. The van der Waals surface area contributed by atoms with Gasteiger partial charge in [0.2, 0.25) is 21.8 Å². The van der Waals surface area contributed by atoms with Gasteiger partial charge in [-0.05, 0) is 42.3 Å². The topological polar surface area (TPSA) is 86.8 Å². The summed E-state index contributed by atoms with van der Waals surface area (Å²) in [6, 6.07) is 15.1. The Morgan fingerprint density at radius 1 is 0.974 bits per heavy atom. The van der Waals surface area contributed by atoms with Crippen LogP contribution in [0.3, 0.4) is 0 Å². The largest absolute Gasteiger partial charge is 0.355 e. The maximum Gasteiger partial charge on any atom is 0.244 e. The molecule has 208 valence electrons. The standard InChI is InChI=1S/C27H27Cl2F2N3O4S/c1-3-32-27(36)25(13-18-7-5-4-6-8-18)33(16-19-9-10-20(28)14-22(19)29)26(35)17-34(39(2,37)38)21-11-12-23(30)24(31)15-21/h4-12,14-15,25H,3,13,16-17H2,1-2H3,(H,32,36)/t25-/m0/s1. The van der Waals surface area contributed by atoms with Crippen LogP contribution in [0.25, 0.3) is 0 Å². The van der Waals surface area contributed by atoms with Crippen LogP contribution < -0.4 is 9.62 Å². The van der Waals surface area contributed by atoms with E-state index < -0.39 is 46.1 Å². The first kappa shape index (κ1) is 30.3. The minimum absolute atomic E-state index is 0.119. The molecule has 2 amide bonds. The molecule has 0 spiro atoms. The van der Waals surface area contributed by atoms with Crippen LogP contribution in [0, 0.1) is 11.6 Å². The van der Waals surface area contributed by atoms with Crippen LogP contribution in [0.1, 0.15) is 18.1 Å². The molecule has 0 aliphatic carbocycles. The second kappa shape index (κ2) is 13.2. The van der Waals surface area contributed by atoms with E-state index in [-0.39, 0.29) is 30.2 Å². The smallest absolute Gasteiger partial charge is 0.244 e. The summed E-state index contributed by atoms with van der Waals surface area (Å²) in [6.07, 6.45) is 0.959. The van der Waals surface area contributed by atoms with Gasteiger partial charge in [-0.2, -0.15) is 0 Å². The van der Waals surface area contributed by atoms with Crippen molar-refractivity contribution in [3.05, 3.63) is 99.5 Å². The molecule has 0 aliphatic heterocycles. The zero-order chi connectivity index (χ0) is 28.7. The molecule has 0 heterocycles. The Morgan fingerprint density at radius 3 is 2.26 bits per heavy atom. The maximum atomic E-state index is 14.0. The van der Waals surface area contributed by atoms with Crippen molar-refractivity contribution in [1.29, 1.82) is 0 Å². The number of sulfonamides is 1. The van der Waals surface area contributed by atoms with Crippen LogP contribution in [0.2, 0.25) is 10.0 Å². The van der Waals surface area contributed by atoms with Gasteiger partial charge in [0.1, 0.15) is 12.6 Å². The zero-order valence-corrected chi connectivity index (χ0v) is 23.5. The Morgan fingerprint density at radius 2 is 1.67 bits per heavy atom. The Balaban J connectivity index is 2.07. The second-order valence-corrected chi connectivity index (χ2v) is 11.5. The van der Waals surface area contributed by atoms with Crippen molar-refractivity contribution in [3.8, 4) is 0 Å². The van der Waals surface area contributed by atoms with E-state index in [0.717, 1.165) is 24.0 Å². The number of amides is 2. The average molecular weight is 598 g/mol. The molecule has 3 aromatic carbocycles. The number of hydrogen-bond acceptors (Lipinski definition) is 4. The fourth-order valence-corrected chi connectivity index (χ4v) is 5.24. The average Bonchev–Trinajstić information content (AvgIpc) is 2.87. The van der Waals surface area contributed by atoms with Gasteiger partial charge in [0.25, 0.3) is 0 Å². The fourth-order valence-electron chi connectivity index (χ4n) is 3.93. The normalized spacial score (nSPS) is 12.1. The van der Waals surface area contributed by atoms with E-state index in [1.54, 1.807) is 43.3 Å². The monoisotopic (exact) mass is 597 g/mol. The van der Waals surface area contributed by atoms with Gasteiger partial charge in [-0.1, -0.05) is 59.6 Å². The van der Waals surface area contributed by atoms with Crippen LogP contribution in [0.15, 0.2) is 66.7 Å². The SMILES string of the molecule is CCNC(=O)[C@H](Cc1ccccc1)N(Cc1ccc(Cl)cc1Cl)C(=O)CN(c1ccc(F)c(F)c1)S(C)(=O)=O. The molecule has 3 rings (SSSR count). The zero-order valence-electron chi connectivity index (χ0n) is 21.2. The Hall–Kier alpha value is -3.21. The number of hydrogen-bond donors (Lipinski definition) is 1. The second-order valence-electron chi connectivity index (χ2n) is 8.73. The third kappa shape index (κ3) is 8.14. The van der Waals surface area contributed by atoms with Crippen LogP contribution in [-0.2, 0) is 32.6 Å². The first-order valence-corrected chi connectivity index (χ1v) is 14.5. The van der Waals surface area contributed by atoms with E-state index in [9.17, 15) is 26.8 Å². The number of nitrogens with one attached hydrogen (secondary N) is 1. The molecule has 0 saturated carbocycles. The quantitative estimate of drug-likeness (QED) is 0.343. The molecule has 1 atom stereocenters. The lowest BCUT2D eigenvalue weighted by molar-refractivity contribution is -0.140. The van der Waals surface area contributed by atoms with Gasteiger partial charge in [0, 0.05) is 35.6 Å². The molecule has 0 aromatic heterocycles. The van der Waals surface area contributed by atoms with Crippen LogP contribution >= 0.6 is 23.2 Å². The summed E-state index contributed by atoms with van der Waals surface area (Å²) < 4.78 is 53.5. The summed E-state index contributed by atoms with van der Waals surface area (Å²) in [5.74, 6) is -3.67. The molecule has 7 nitrogen and oxygen atoms in total. The van der Waals surface area contributed by atoms with E-state index in [1.807, 2.05) is 6.07 Å². The number of halogens is 4. The predicted octanol–water partition coefficient (Wildman–Crippen LogP) is 4.81. The predicted molar refractivity (Wildman–Crippen MR) is 148 cm³/mol. The highest BCUT2D eigenvalue weighted by Crippen LogP contribution is 2.26. The van der Waals surface area contributed by atoms with Gasteiger partial charge in [-0.15, -0.1) is 0 Å². The molecule has 3 aromatic rings. The lowest BCUT2D eigenvalue weighted by atomic mass is 10.0. The van der Waals surface area contributed by atoms with Crippen molar-refractivity contribution in [2.24, 2.45) is 0 Å². The number of benzene rings is 3. The van der Waals surface area contributed by atoms with Crippen molar-refractivity contribution < 1.29 is 26.8 Å². The van der Waals surface area contributed by atoms with E-state index in [1.165, 1.54) is 11.0 Å². The van der Waals surface area contributed by atoms with Crippen LogP contribution in [-0.4, -0.2) is 50.5 Å². The summed E-state index contributed by atoms with van der Waals surface area (Å²) >= 11 is 12.4. The molecule has 1 N–H and O–H groups in total. The summed E-state index contributed by atoms with van der Waals surface area (Å²) in [5.41, 5.74) is 0.983. The highest BCUT2D eigenvalue weighted by atomic mass is 35.5. The first-order chi connectivity index (χ1) is 18.4. The molecular formula is C27H27Cl2F2N3O4S. The van der Waals surface area contributed by atoms with Gasteiger partial charge in [0.15, 0.2) is 11.6 Å². The van der Waals surface area contributed by atoms with Gasteiger partial charge >= 0.3 is 0 Å². The number of rotatable bonds is 11. The molecule has 0 fully saturated rings. The Kier molecular flexibility index (Phi) is 10.3. The van der Waals surface area contributed by atoms with E-state index in [4.69, 9.17) is 23.2 Å². The number of anilines is 1. The molecule has 12 heteroatoms. The molecule has 39 heavy (non-hydrogen) atoms.